The molecule has 1 saturated carbocycles. The predicted octanol–water partition coefficient (Wildman–Crippen LogP) is 1.68. The minimum Gasteiger partial charge on any atom is -0.480 e. The van der Waals surface area contributed by atoms with Crippen molar-refractivity contribution in [2.45, 2.75) is 32.2 Å². The fourth-order valence-corrected chi connectivity index (χ4v) is 2.14. The summed E-state index contributed by atoms with van der Waals surface area (Å²) in [6.45, 7) is 3.33. The van der Waals surface area contributed by atoms with Crippen LogP contribution >= 0.6 is 11.8 Å². The van der Waals surface area contributed by atoms with Crippen LogP contribution in [0.4, 0.5) is 0 Å². The van der Waals surface area contributed by atoms with Gasteiger partial charge < -0.3 is 5.11 Å². The normalized spacial score (nSPS) is 16.1. The van der Waals surface area contributed by atoms with E-state index in [1.165, 1.54) is 12.8 Å². The SMILES string of the molecule is CCSCCCN(CC(=O)O)C1CC1. The molecule has 0 aromatic rings. The lowest BCUT2D eigenvalue weighted by molar-refractivity contribution is -0.138. The number of rotatable bonds is 8. The molecule has 0 aliphatic heterocycles. The Morgan fingerprint density at radius 3 is 2.79 bits per heavy atom. The van der Waals surface area contributed by atoms with Crippen LogP contribution in [0.25, 0.3) is 0 Å². The van der Waals surface area contributed by atoms with Crippen LogP contribution in [0.3, 0.4) is 0 Å². The molecule has 0 bridgehead atoms. The van der Waals surface area contributed by atoms with Crippen molar-refractivity contribution in [1.29, 1.82) is 0 Å². The first-order chi connectivity index (χ1) is 6.74. The molecule has 0 saturated heterocycles. The number of nitrogens with zero attached hydrogens (tertiary/aromatic N) is 1. The second-order valence-corrected chi connectivity index (χ2v) is 5.04. The van der Waals surface area contributed by atoms with Gasteiger partial charge in [-0.2, -0.15) is 11.8 Å². The largest absolute Gasteiger partial charge is 0.480 e. The fraction of sp³-hybridized carbons (Fsp3) is 0.900. The minimum atomic E-state index is -0.694. The van der Waals surface area contributed by atoms with Crippen LogP contribution < -0.4 is 0 Å². The van der Waals surface area contributed by atoms with Crippen molar-refractivity contribution < 1.29 is 9.90 Å². The van der Waals surface area contributed by atoms with Gasteiger partial charge >= 0.3 is 5.97 Å². The quantitative estimate of drug-likeness (QED) is 0.628. The number of aliphatic carboxylic acids is 1. The number of thioether (sulfide) groups is 1. The average Bonchev–Trinajstić information content (AvgIpc) is 2.92. The molecule has 1 rings (SSSR count). The van der Waals surface area contributed by atoms with Crippen molar-refractivity contribution in [2.75, 3.05) is 24.6 Å². The van der Waals surface area contributed by atoms with E-state index in [9.17, 15) is 4.79 Å². The lowest BCUT2D eigenvalue weighted by atomic mass is 10.4. The first kappa shape index (κ1) is 11.9. The third-order valence-electron chi connectivity index (χ3n) is 2.34. The van der Waals surface area contributed by atoms with E-state index in [0.29, 0.717) is 6.04 Å². The predicted molar refractivity (Wildman–Crippen MR) is 59.8 cm³/mol. The van der Waals surface area contributed by atoms with Gasteiger partial charge in [-0.3, -0.25) is 9.69 Å². The standard InChI is InChI=1S/C10H19NO2S/c1-2-14-7-3-6-11(8-10(12)13)9-4-5-9/h9H,2-8H2,1H3,(H,12,13). The Bertz CT molecular complexity index is 183. The Hall–Kier alpha value is -0.220. The van der Waals surface area contributed by atoms with Crippen molar-refractivity contribution in [3.8, 4) is 0 Å². The summed E-state index contributed by atoms with van der Waals surface area (Å²) in [5, 5.41) is 8.72. The lowest BCUT2D eigenvalue weighted by Crippen LogP contribution is -2.32. The molecule has 14 heavy (non-hydrogen) atoms. The maximum Gasteiger partial charge on any atom is 0.317 e. The second-order valence-electron chi connectivity index (χ2n) is 3.65. The van der Waals surface area contributed by atoms with Crippen molar-refractivity contribution >= 4 is 17.7 Å². The molecule has 82 valence electrons. The van der Waals surface area contributed by atoms with Gasteiger partial charge in [0, 0.05) is 6.04 Å². The van der Waals surface area contributed by atoms with Crippen molar-refractivity contribution in [1.82, 2.24) is 4.90 Å². The molecule has 0 heterocycles. The lowest BCUT2D eigenvalue weighted by Gasteiger charge is -2.19. The molecule has 1 fully saturated rings. The minimum absolute atomic E-state index is 0.224. The van der Waals surface area contributed by atoms with E-state index in [2.05, 4.69) is 11.8 Å². The fourth-order valence-electron chi connectivity index (χ4n) is 1.52. The summed E-state index contributed by atoms with van der Waals surface area (Å²) < 4.78 is 0. The van der Waals surface area contributed by atoms with E-state index < -0.39 is 5.97 Å². The molecule has 0 radical (unpaired) electrons. The van der Waals surface area contributed by atoms with E-state index in [4.69, 9.17) is 5.11 Å². The molecule has 1 aliphatic carbocycles. The molecular weight excluding hydrogens is 198 g/mol. The highest BCUT2D eigenvalue weighted by Crippen LogP contribution is 2.26. The molecule has 0 atom stereocenters. The molecular formula is C10H19NO2S. The van der Waals surface area contributed by atoms with Gasteiger partial charge in [0.1, 0.15) is 0 Å². The molecule has 4 heteroatoms. The molecule has 3 nitrogen and oxygen atoms in total. The second kappa shape index (κ2) is 6.30. The third kappa shape index (κ3) is 4.86. The zero-order valence-electron chi connectivity index (χ0n) is 8.74. The number of hydrogen-bond donors (Lipinski definition) is 1. The Balaban J connectivity index is 2.12. The zero-order valence-corrected chi connectivity index (χ0v) is 9.55. The molecule has 0 amide bonds. The van der Waals surface area contributed by atoms with Gasteiger partial charge in [0.05, 0.1) is 6.54 Å². The summed E-state index contributed by atoms with van der Waals surface area (Å²) in [5.41, 5.74) is 0. The Labute approximate surface area is 89.9 Å². The van der Waals surface area contributed by atoms with Crippen LogP contribution in [0.15, 0.2) is 0 Å². The highest BCUT2D eigenvalue weighted by atomic mass is 32.2. The zero-order chi connectivity index (χ0) is 10.4. The number of hydrogen-bond acceptors (Lipinski definition) is 3. The van der Waals surface area contributed by atoms with Gasteiger partial charge in [-0.15, -0.1) is 0 Å². The van der Waals surface area contributed by atoms with Crippen LogP contribution in [0.5, 0.6) is 0 Å². The van der Waals surface area contributed by atoms with Gasteiger partial charge in [-0.25, -0.2) is 0 Å². The van der Waals surface area contributed by atoms with Crippen LogP contribution in [-0.4, -0.2) is 46.6 Å². The number of carboxylic acids is 1. The Morgan fingerprint density at radius 2 is 2.29 bits per heavy atom. The number of carboxylic acid groups (broad SMARTS) is 1. The van der Waals surface area contributed by atoms with Crippen molar-refractivity contribution in [3.05, 3.63) is 0 Å². The highest BCUT2D eigenvalue weighted by Gasteiger charge is 2.29. The molecule has 0 spiro atoms. The van der Waals surface area contributed by atoms with Crippen LogP contribution in [0, 0.1) is 0 Å². The van der Waals surface area contributed by atoms with Gasteiger partial charge in [0.25, 0.3) is 0 Å². The molecule has 1 N–H and O–H groups in total. The van der Waals surface area contributed by atoms with E-state index >= 15 is 0 Å². The summed E-state index contributed by atoms with van der Waals surface area (Å²) in [7, 11) is 0. The summed E-state index contributed by atoms with van der Waals surface area (Å²) >= 11 is 1.93. The maximum absolute atomic E-state index is 10.6. The molecule has 0 aromatic carbocycles. The molecule has 0 aromatic heterocycles. The summed E-state index contributed by atoms with van der Waals surface area (Å²) in [4.78, 5) is 12.7. The molecule has 1 aliphatic rings. The average molecular weight is 217 g/mol. The van der Waals surface area contributed by atoms with E-state index in [1.807, 2.05) is 11.8 Å². The Kier molecular flexibility index (Phi) is 5.33. The smallest absolute Gasteiger partial charge is 0.317 e. The van der Waals surface area contributed by atoms with Gasteiger partial charge in [-0.1, -0.05) is 6.92 Å². The van der Waals surface area contributed by atoms with Crippen LogP contribution in [-0.2, 0) is 4.79 Å². The van der Waals surface area contributed by atoms with E-state index in [0.717, 1.165) is 24.5 Å². The van der Waals surface area contributed by atoms with Gasteiger partial charge in [0.15, 0.2) is 0 Å². The van der Waals surface area contributed by atoms with Crippen molar-refractivity contribution in [3.63, 3.8) is 0 Å². The van der Waals surface area contributed by atoms with Gasteiger partial charge in [-0.05, 0) is 37.3 Å². The van der Waals surface area contributed by atoms with E-state index in [1.54, 1.807) is 0 Å². The topological polar surface area (TPSA) is 40.5 Å². The maximum atomic E-state index is 10.6. The summed E-state index contributed by atoms with van der Waals surface area (Å²) in [6.07, 6.45) is 3.49. The van der Waals surface area contributed by atoms with Crippen molar-refractivity contribution in [2.24, 2.45) is 0 Å². The first-order valence-electron chi connectivity index (χ1n) is 5.27. The monoisotopic (exact) mass is 217 g/mol. The van der Waals surface area contributed by atoms with E-state index in [-0.39, 0.29) is 6.54 Å². The molecule has 0 unspecified atom stereocenters. The van der Waals surface area contributed by atoms with Crippen LogP contribution in [0.1, 0.15) is 26.2 Å². The highest BCUT2D eigenvalue weighted by molar-refractivity contribution is 7.99. The summed E-state index contributed by atoms with van der Waals surface area (Å²) in [5.74, 6) is 1.61. The first-order valence-corrected chi connectivity index (χ1v) is 6.43. The Morgan fingerprint density at radius 1 is 1.57 bits per heavy atom. The summed E-state index contributed by atoms with van der Waals surface area (Å²) in [6, 6.07) is 0.567. The number of carbonyl (C=O) groups is 1. The third-order valence-corrected chi connectivity index (χ3v) is 3.33. The van der Waals surface area contributed by atoms with Gasteiger partial charge in [0.2, 0.25) is 0 Å². The van der Waals surface area contributed by atoms with Crippen LogP contribution in [0.2, 0.25) is 0 Å².